The molecule has 0 aliphatic heterocycles. The van der Waals surface area contributed by atoms with E-state index in [0.717, 1.165) is 18.6 Å². The summed E-state index contributed by atoms with van der Waals surface area (Å²) >= 11 is 0. The number of benzene rings is 1. The van der Waals surface area contributed by atoms with Crippen molar-refractivity contribution in [3.8, 4) is 17.3 Å². The second-order valence-corrected chi connectivity index (χ2v) is 5.90. The first-order valence-electron chi connectivity index (χ1n) is 8.12. The SMILES string of the molecule is O=C(COc1ccccc1F)NCc1nc(-c2cc(C3CC3)on2)no1. The largest absolute Gasteiger partial charge is 0.481 e. The van der Waals surface area contributed by atoms with Crippen LogP contribution < -0.4 is 10.1 Å². The Labute approximate surface area is 147 Å². The minimum atomic E-state index is -0.528. The van der Waals surface area contributed by atoms with Crippen LogP contribution in [0.1, 0.15) is 30.4 Å². The van der Waals surface area contributed by atoms with E-state index in [1.807, 2.05) is 0 Å². The van der Waals surface area contributed by atoms with Crippen LogP contribution in [-0.4, -0.2) is 27.8 Å². The Morgan fingerprint density at radius 3 is 2.92 bits per heavy atom. The molecule has 1 fully saturated rings. The average Bonchev–Trinajstić information content (AvgIpc) is 3.19. The number of hydrogen-bond acceptors (Lipinski definition) is 7. The van der Waals surface area contributed by atoms with E-state index in [2.05, 4.69) is 20.6 Å². The monoisotopic (exact) mass is 358 g/mol. The minimum absolute atomic E-state index is 0.0141. The molecule has 8 nitrogen and oxygen atoms in total. The van der Waals surface area contributed by atoms with Gasteiger partial charge in [-0.25, -0.2) is 4.39 Å². The lowest BCUT2D eigenvalue weighted by molar-refractivity contribution is -0.123. The van der Waals surface area contributed by atoms with Crippen molar-refractivity contribution >= 4 is 5.91 Å². The molecule has 2 heterocycles. The number of rotatable bonds is 7. The van der Waals surface area contributed by atoms with Gasteiger partial charge in [-0.1, -0.05) is 22.4 Å². The maximum absolute atomic E-state index is 13.4. The Balaban J connectivity index is 1.28. The standard InChI is InChI=1S/C17H15FN4O4/c18-11-3-1-2-4-13(11)24-9-15(23)19-8-16-20-17(22-26-16)12-7-14(25-21-12)10-5-6-10/h1-4,7,10H,5-6,8-9H2,(H,19,23). The van der Waals surface area contributed by atoms with Crippen LogP contribution in [0.25, 0.3) is 11.5 Å². The van der Waals surface area contributed by atoms with Gasteiger partial charge in [0.25, 0.3) is 5.91 Å². The molecular formula is C17H15FN4O4. The first-order valence-corrected chi connectivity index (χ1v) is 8.12. The fourth-order valence-electron chi connectivity index (χ4n) is 2.32. The summed E-state index contributed by atoms with van der Waals surface area (Å²) in [4.78, 5) is 15.9. The van der Waals surface area contributed by atoms with Crippen LogP contribution in [0.5, 0.6) is 5.75 Å². The lowest BCUT2D eigenvalue weighted by Gasteiger charge is -2.06. The number of carbonyl (C=O) groups is 1. The summed E-state index contributed by atoms with van der Waals surface area (Å²) < 4.78 is 28.8. The van der Waals surface area contributed by atoms with Gasteiger partial charge in [-0.05, 0) is 25.0 Å². The number of aromatic nitrogens is 3. The van der Waals surface area contributed by atoms with Gasteiger partial charge >= 0.3 is 0 Å². The van der Waals surface area contributed by atoms with Gasteiger partial charge in [0.05, 0.1) is 6.54 Å². The zero-order valence-electron chi connectivity index (χ0n) is 13.6. The van der Waals surface area contributed by atoms with Crippen molar-refractivity contribution in [3.05, 3.63) is 47.8 Å². The van der Waals surface area contributed by atoms with Gasteiger partial charge in [-0.15, -0.1) is 0 Å². The second-order valence-electron chi connectivity index (χ2n) is 5.90. The molecule has 0 radical (unpaired) electrons. The number of para-hydroxylation sites is 1. The van der Waals surface area contributed by atoms with E-state index in [4.69, 9.17) is 13.8 Å². The molecule has 1 amide bonds. The normalized spacial score (nSPS) is 13.6. The van der Waals surface area contributed by atoms with E-state index >= 15 is 0 Å². The molecule has 0 bridgehead atoms. The van der Waals surface area contributed by atoms with Crippen LogP contribution in [0.4, 0.5) is 4.39 Å². The summed E-state index contributed by atoms with van der Waals surface area (Å²) in [6.07, 6.45) is 2.21. The average molecular weight is 358 g/mol. The molecule has 0 atom stereocenters. The molecule has 1 aromatic carbocycles. The highest BCUT2D eigenvalue weighted by Gasteiger charge is 2.28. The summed E-state index contributed by atoms with van der Waals surface area (Å²) in [6, 6.07) is 7.66. The molecule has 26 heavy (non-hydrogen) atoms. The Morgan fingerprint density at radius 2 is 2.12 bits per heavy atom. The van der Waals surface area contributed by atoms with E-state index in [1.54, 1.807) is 12.1 Å². The van der Waals surface area contributed by atoms with Gasteiger partial charge in [0.1, 0.15) is 5.76 Å². The molecule has 1 N–H and O–H groups in total. The van der Waals surface area contributed by atoms with Gasteiger partial charge in [-0.2, -0.15) is 4.98 Å². The van der Waals surface area contributed by atoms with Crippen LogP contribution in [0.15, 0.2) is 39.4 Å². The number of carbonyl (C=O) groups excluding carboxylic acids is 1. The fourth-order valence-corrected chi connectivity index (χ4v) is 2.32. The third-order valence-corrected chi connectivity index (χ3v) is 3.84. The first-order chi connectivity index (χ1) is 12.7. The third-order valence-electron chi connectivity index (χ3n) is 3.84. The van der Waals surface area contributed by atoms with Crippen molar-refractivity contribution < 1.29 is 23.0 Å². The van der Waals surface area contributed by atoms with Crippen molar-refractivity contribution in [1.82, 2.24) is 20.6 Å². The van der Waals surface area contributed by atoms with Crippen molar-refractivity contribution in [1.29, 1.82) is 0 Å². The van der Waals surface area contributed by atoms with E-state index in [0.29, 0.717) is 17.4 Å². The summed E-state index contributed by atoms with van der Waals surface area (Å²) in [5, 5.41) is 10.3. The quantitative estimate of drug-likeness (QED) is 0.692. The Bertz CT molecular complexity index is 919. The van der Waals surface area contributed by atoms with Crippen LogP contribution in [0.2, 0.25) is 0 Å². The minimum Gasteiger partial charge on any atom is -0.481 e. The van der Waals surface area contributed by atoms with E-state index < -0.39 is 11.7 Å². The lowest BCUT2D eigenvalue weighted by atomic mass is 10.3. The van der Waals surface area contributed by atoms with Crippen LogP contribution in [0, 0.1) is 5.82 Å². The van der Waals surface area contributed by atoms with Crippen molar-refractivity contribution in [3.63, 3.8) is 0 Å². The van der Waals surface area contributed by atoms with Gasteiger partial charge in [0.15, 0.2) is 23.9 Å². The summed E-state index contributed by atoms with van der Waals surface area (Å²) in [6.45, 7) is -0.296. The number of nitrogens with zero attached hydrogens (tertiary/aromatic N) is 3. The molecule has 3 aromatic rings. The molecule has 4 rings (SSSR count). The Hall–Kier alpha value is -3.23. The Kier molecular flexibility index (Phi) is 4.34. The summed E-state index contributed by atoms with van der Waals surface area (Å²) in [5.74, 6) is 0.828. The lowest BCUT2D eigenvalue weighted by Crippen LogP contribution is -2.28. The molecule has 2 aromatic heterocycles. The van der Waals surface area contributed by atoms with Crippen LogP contribution in [0.3, 0.4) is 0 Å². The highest BCUT2D eigenvalue weighted by atomic mass is 19.1. The highest BCUT2D eigenvalue weighted by molar-refractivity contribution is 5.77. The molecule has 1 aliphatic carbocycles. The molecule has 0 spiro atoms. The predicted molar refractivity (Wildman–Crippen MR) is 85.5 cm³/mol. The molecule has 0 saturated heterocycles. The maximum Gasteiger partial charge on any atom is 0.258 e. The predicted octanol–water partition coefficient (Wildman–Crippen LogP) is 2.44. The number of halogens is 1. The topological polar surface area (TPSA) is 103 Å². The first kappa shape index (κ1) is 16.2. The number of amides is 1. The third kappa shape index (κ3) is 3.71. The summed E-state index contributed by atoms with van der Waals surface area (Å²) in [7, 11) is 0. The van der Waals surface area contributed by atoms with Gasteiger partial charge < -0.3 is 19.1 Å². The highest BCUT2D eigenvalue weighted by Crippen LogP contribution is 2.40. The molecule has 1 saturated carbocycles. The van der Waals surface area contributed by atoms with E-state index in [9.17, 15) is 9.18 Å². The number of ether oxygens (including phenoxy) is 1. The Morgan fingerprint density at radius 1 is 1.27 bits per heavy atom. The molecule has 1 aliphatic rings. The number of nitrogens with one attached hydrogen (secondary N) is 1. The van der Waals surface area contributed by atoms with E-state index in [-0.39, 0.29) is 24.8 Å². The molecule has 0 unspecified atom stereocenters. The molecular weight excluding hydrogens is 343 g/mol. The molecule has 9 heteroatoms. The van der Waals surface area contributed by atoms with Crippen molar-refractivity contribution in [2.45, 2.75) is 25.3 Å². The van der Waals surface area contributed by atoms with Gasteiger partial charge in [-0.3, -0.25) is 4.79 Å². The zero-order chi connectivity index (χ0) is 17.9. The fraction of sp³-hybridized carbons (Fsp3) is 0.294. The van der Waals surface area contributed by atoms with Crippen molar-refractivity contribution in [2.75, 3.05) is 6.61 Å². The maximum atomic E-state index is 13.4. The number of hydrogen-bond donors (Lipinski definition) is 1. The second kappa shape index (κ2) is 6.95. The van der Waals surface area contributed by atoms with Crippen LogP contribution in [-0.2, 0) is 11.3 Å². The summed E-state index contributed by atoms with van der Waals surface area (Å²) in [5.41, 5.74) is 0.496. The van der Waals surface area contributed by atoms with Crippen molar-refractivity contribution in [2.24, 2.45) is 0 Å². The van der Waals surface area contributed by atoms with Gasteiger partial charge in [0.2, 0.25) is 11.7 Å². The van der Waals surface area contributed by atoms with Crippen LogP contribution >= 0.6 is 0 Å². The van der Waals surface area contributed by atoms with Gasteiger partial charge in [0, 0.05) is 12.0 Å². The smallest absolute Gasteiger partial charge is 0.258 e. The molecule has 134 valence electrons. The zero-order valence-corrected chi connectivity index (χ0v) is 13.6. The van der Waals surface area contributed by atoms with E-state index in [1.165, 1.54) is 18.2 Å².